The van der Waals surface area contributed by atoms with Gasteiger partial charge in [-0.15, -0.1) is 0 Å². The van der Waals surface area contributed by atoms with Gasteiger partial charge < -0.3 is 5.11 Å². The van der Waals surface area contributed by atoms with Crippen molar-refractivity contribution in [1.82, 2.24) is 4.98 Å². The Labute approximate surface area is 77.2 Å². The fourth-order valence-corrected chi connectivity index (χ4v) is 0.876. The normalized spacial score (nSPS) is 12.1. The fourth-order valence-electron chi connectivity index (χ4n) is 0.876. The number of nitro groups is 1. The smallest absolute Gasteiger partial charge is 0.344 e. The summed E-state index contributed by atoms with van der Waals surface area (Å²) in [6.45, 7) is 0. The number of aromatic nitrogens is 1. The van der Waals surface area contributed by atoms with Crippen LogP contribution < -0.4 is 0 Å². The second kappa shape index (κ2) is 3.77. The molecule has 0 saturated carbocycles. The first kappa shape index (κ1) is 10.0. The number of carbonyl (C=O) groups is 1. The van der Waals surface area contributed by atoms with Crippen molar-refractivity contribution in [2.75, 3.05) is 0 Å². The molecule has 7 heteroatoms. The lowest BCUT2D eigenvalue weighted by Gasteiger charge is -2.01. The van der Waals surface area contributed by atoms with Gasteiger partial charge in [-0.3, -0.25) is 15.1 Å². The van der Waals surface area contributed by atoms with Crippen LogP contribution in [0.1, 0.15) is 11.9 Å². The van der Waals surface area contributed by atoms with Crippen molar-refractivity contribution in [2.24, 2.45) is 0 Å². The molecule has 74 valence electrons. The van der Waals surface area contributed by atoms with E-state index in [-0.39, 0.29) is 0 Å². The molecule has 1 unspecified atom stereocenters. The first-order valence-corrected chi connectivity index (χ1v) is 3.50. The quantitative estimate of drug-likeness (QED) is 0.582. The Morgan fingerprint density at radius 3 is 2.86 bits per heavy atom. The third-order valence-corrected chi connectivity index (χ3v) is 1.47. The van der Waals surface area contributed by atoms with E-state index in [1.165, 1.54) is 6.07 Å². The minimum Gasteiger partial charge on any atom is -0.479 e. The highest BCUT2D eigenvalue weighted by Crippen LogP contribution is 2.24. The zero-order chi connectivity index (χ0) is 10.7. The third-order valence-electron chi connectivity index (χ3n) is 1.47. The van der Waals surface area contributed by atoms with Crippen LogP contribution in [0, 0.1) is 10.1 Å². The first-order valence-electron chi connectivity index (χ1n) is 3.50. The maximum absolute atomic E-state index is 12.9. The lowest BCUT2D eigenvalue weighted by Crippen LogP contribution is -2.10. The number of aliphatic carboxylic acids is 1. The predicted octanol–water partition coefficient (Wildman–Crippen LogP) is 1.08. The Kier molecular flexibility index (Phi) is 2.70. The molecule has 0 bridgehead atoms. The van der Waals surface area contributed by atoms with Crippen LogP contribution in [0.2, 0.25) is 0 Å². The van der Waals surface area contributed by atoms with Gasteiger partial charge in [-0.1, -0.05) is 0 Å². The number of rotatable bonds is 3. The molecule has 1 aromatic rings. The second-order valence-corrected chi connectivity index (χ2v) is 2.37. The summed E-state index contributed by atoms with van der Waals surface area (Å²) in [7, 11) is 0. The number of hydrogen-bond donors (Lipinski definition) is 1. The standard InChI is InChI=1S/C7H5FN2O4/c8-5(7(11)12)6-4(10(13)14)2-1-3-9-6/h1-3,5H,(H,11,12). The summed E-state index contributed by atoms with van der Waals surface area (Å²) in [6, 6.07) is 2.23. The van der Waals surface area contributed by atoms with Gasteiger partial charge in [-0.05, 0) is 6.07 Å². The Morgan fingerprint density at radius 2 is 2.36 bits per heavy atom. The third kappa shape index (κ3) is 1.82. The van der Waals surface area contributed by atoms with Crippen LogP contribution in [-0.2, 0) is 4.79 Å². The van der Waals surface area contributed by atoms with Crippen LogP contribution in [0.5, 0.6) is 0 Å². The summed E-state index contributed by atoms with van der Waals surface area (Å²) < 4.78 is 12.9. The zero-order valence-electron chi connectivity index (χ0n) is 6.75. The van der Waals surface area contributed by atoms with Gasteiger partial charge >= 0.3 is 5.97 Å². The van der Waals surface area contributed by atoms with Crippen molar-refractivity contribution in [1.29, 1.82) is 0 Å². The summed E-state index contributed by atoms with van der Waals surface area (Å²) in [6.07, 6.45) is -1.38. The Balaban J connectivity index is 3.19. The number of halogens is 1. The largest absolute Gasteiger partial charge is 0.479 e. The topological polar surface area (TPSA) is 93.3 Å². The molecule has 0 aliphatic heterocycles. The maximum atomic E-state index is 12.9. The molecule has 0 amide bonds. The van der Waals surface area contributed by atoms with E-state index >= 15 is 0 Å². The van der Waals surface area contributed by atoms with Gasteiger partial charge in [0.05, 0.1) is 4.92 Å². The average Bonchev–Trinajstić information content (AvgIpc) is 2.16. The van der Waals surface area contributed by atoms with Crippen molar-refractivity contribution in [3.63, 3.8) is 0 Å². The van der Waals surface area contributed by atoms with Gasteiger partial charge in [0.1, 0.15) is 0 Å². The number of alkyl halides is 1. The SMILES string of the molecule is O=C(O)C(F)c1ncccc1[N+](=O)[O-]. The summed E-state index contributed by atoms with van der Waals surface area (Å²) in [5.41, 5.74) is -1.33. The molecule has 0 aliphatic carbocycles. The van der Waals surface area contributed by atoms with Crippen LogP contribution in [-0.4, -0.2) is 21.0 Å². The summed E-state index contributed by atoms with van der Waals surface area (Å²) >= 11 is 0. The lowest BCUT2D eigenvalue weighted by atomic mass is 10.2. The minimum atomic E-state index is -2.48. The molecule has 14 heavy (non-hydrogen) atoms. The molecule has 0 spiro atoms. The molecule has 1 atom stereocenters. The summed E-state index contributed by atoms with van der Waals surface area (Å²) in [4.78, 5) is 23.0. The molecular weight excluding hydrogens is 195 g/mol. The van der Waals surface area contributed by atoms with Crippen LogP contribution in [0.25, 0.3) is 0 Å². The van der Waals surface area contributed by atoms with Gasteiger partial charge in [0.15, 0.2) is 5.69 Å². The highest BCUT2D eigenvalue weighted by molar-refractivity contribution is 5.75. The van der Waals surface area contributed by atoms with Crippen LogP contribution in [0.4, 0.5) is 10.1 Å². The van der Waals surface area contributed by atoms with Crippen molar-refractivity contribution in [2.45, 2.75) is 6.17 Å². The van der Waals surface area contributed by atoms with E-state index in [4.69, 9.17) is 5.11 Å². The average molecular weight is 200 g/mol. The van der Waals surface area contributed by atoms with E-state index in [2.05, 4.69) is 4.98 Å². The summed E-state index contributed by atoms with van der Waals surface area (Å²) in [5, 5.41) is 18.7. The molecule has 0 aliphatic rings. The van der Waals surface area contributed by atoms with Crippen LogP contribution in [0.15, 0.2) is 18.3 Å². The number of carboxylic acid groups (broad SMARTS) is 1. The van der Waals surface area contributed by atoms with Crippen LogP contribution >= 0.6 is 0 Å². The number of pyridine rings is 1. The highest BCUT2D eigenvalue weighted by atomic mass is 19.1. The fraction of sp³-hybridized carbons (Fsp3) is 0.143. The molecule has 1 aromatic heterocycles. The Hall–Kier alpha value is -2.05. The molecule has 0 saturated heterocycles. The number of carboxylic acids is 1. The van der Waals surface area contributed by atoms with Crippen LogP contribution in [0.3, 0.4) is 0 Å². The second-order valence-electron chi connectivity index (χ2n) is 2.37. The molecule has 6 nitrogen and oxygen atoms in total. The molecule has 1 rings (SSSR count). The monoisotopic (exact) mass is 200 g/mol. The van der Waals surface area contributed by atoms with E-state index in [0.717, 1.165) is 12.3 Å². The van der Waals surface area contributed by atoms with E-state index < -0.39 is 28.4 Å². The molecular formula is C7H5FN2O4. The first-order chi connectivity index (χ1) is 6.54. The predicted molar refractivity (Wildman–Crippen MR) is 42.4 cm³/mol. The van der Waals surface area contributed by atoms with Gasteiger partial charge in [-0.2, -0.15) is 0 Å². The van der Waals surface area contributed by atoms with Gasteiger partial charge in [0.25, 0.3) is 5.69 Å². The van der Waals surface area contributed by atoms with Crippen molar-refractivity contribution in [3.8, 4) is 0 Å². The maximum Gasteiger partial charge on any atom is 0.344 e. The molecule has 0 radical (unpaired) electrons. The number of nitrogens with zero attached hydrogens (tertiary/aromatic N) is 2. The molecule has 0 aromatic carbocycles. The molecule has 1 heterocycles. The van der Waals surface area contributed by atoms with Crippen molar-refractivity contribution >= 4 is 11.7 Å². The lowest BCUT2D eigenvalue weighted by molar-refractivity contribution is -0.386. The van der Waals surface area contributed by atoms with E-state index in [1.807, 2.05) is 0 Å². The van der Waals surface area contributed by atoms with Crippen molar-refractivity contribution in [3.05, 3.63) is 34.1 Å². The molecule has 1 N–H and O–H groups in total. The van der Waals surface area contributed by atoms with E-state index in [0.29, 0.717) is 0 Å². The van der Waals surface area contributed by atoms with E-state index in [9.17, 15) is 19.3 Å². The minimum absolute atomic E-state index is 0.637. The number of hydrogen-bond acceptors (Lipinski definition) is 4. The Morgan fingerprint density at radius 1 is 1.71 bits per heavy atom. The van der Waals surface area contributed by atoms with Gasteiger partial charge in [-0.25, -0.2) is 9.18 Å². The van der Waals surface area contributed by atoms with Gasteiger partial charge in [0, 0.05) is 12.3 Å². The van der Waals surface area contributed by atoms with Gasteiger partial charge in [0.2, 0.25) is 6.17 Å². The Bertz CT molecular complexity index is 382. The zero-order valence-corrected chi connectivity index (χ0v) is 6.75. The summed E-state index contributed by atoms with van der Waals surface area (Å²) in [5.74, 6) is -1.80. The highest BCUT2D eigenvalue weighted by Gasteiger charge is 2.28. The molecule has 0 fully saturated rings. The van der Waals surface area contributed by atoms with E-state index in [1.54, 1.807) is 0 Å². The van der Waals surface area contributed by atoms with Crippen molar-refractivity contribution < 1.29 is 19.2 Å².